The van der Waals surface area contributed by atoms with E-state index >= 15 is 0 Å². The van der Waals surface area contributed by atoms with Crippen LogP contribution >= 0.6 is 11.3 Å². The highest BCUT2D eigenvalue weighted by Crippen LogP contribution is 2.24. The molecule has 0 unspecified atom stereocenters. The van der Waals surface area contributed by atoms with E-state index in [0.29, 0.717) is 0 Å². The minimum absolute atomic E-state index is 0.101. The second kappa shape index (κ2) is 4.58. The van der Waals surface area contributed by atoms with E-state index in [-0.39, 0.29) is 6.61 Å². The summed E-state index contributed by atoms with van der Waals surface area (Å²) < 4.78 is 0. The molecule has 4 heteroatoms. The SMILES string of the molecule is CCCN(C)c1nc(C)c(CO)s1. The highest BCUT2D eigenvalue weighted by atomic mass is 32.1. The van der Waals surface area contributed by atoms with Crippen molar-refractivity contribution in [2.45, 2.75) is 26.9 Å². The van der Waals surface area contributed by atoms with Crippen molar-refractivity contribution in [1.82, 2.24) is 4.98 Å². The van der Waals surface area contributed by atoms with E-state index in [9.17, 15) is 0 Å². The van der Waals surface area contributed by atoms with Crippen molar-refractivity contribution in [3.05, 3.63) is 10.6 Å². The third-order valence-electron chi connectivity index (χ3n) is 1.91. The minimum atomic E-state index is 0.101. The van der Waals surface area contributed by atoms with Crippen LogP contribution in [0.5, 0.6) is 0 Å². The van der Waals surface area contributed by atoms with Crippen LogP contribution in [0.15, 0.2) is 0 Å². The lowest BCUT2D eigenvalue weighted by atomic mass is 10.4. The summed E-state index contributed by atoms with van der Waals surface area (Å²) in [5.41, 5.74) is 0.949. The molecule has 74 valence electrons. The third-order valence-corrected chi connectivity index (χ3v) is 3.17. The predicted octanol–water partition coefficient (Wildman–Crippen LogP) is 1.79. The number of hydrogen-bond acceptors (Lipinski definition) is 4. The van der Waals surface area contributed by atoms with Gasteiger partial charge in [0.1, 0.15) is 0 Å². The highest BCUT2D eigenvalue weighted by Gasteiger charge is 2.09. The van der Waals surface area contributed by atoms with Crippen molar-refractivity contribution in [2.75, 3.05) is 18.5 Å². The average molecular weight is 200 g/mol. The summed E-state index contributed by atoms with van der Waals surface area (Å²) in [4.78, 5) is 7.48. The second-order valence-corrected chi connectivity index (χ2v) is 4.15. The van der Waals surface area contributed by atoms with E-state index in [1.807, 2.05) is 14.0 Å². The second-order valence-electron chi connectivity index (χ2n) is 3.08. The van der Waals surface area contributed by atoms with Gasteiger partial charge < -0.3 is 10.0 Å². The molecule has 0 aromatic carbocycles. The summed E-state index contributed by atoms with van der Waals surface area (Å²) in [6, 6.07) is 0. The van der Waals surface area contributed by atoms with Crippen molar-refractivity contribution in [2.24, 2.45) is 0 Å². The van der Waals surface area contributed by atoms with Crippen molar-refractivity contribution >= 4 is 16.5 Å². The molecule has 0 saturated heterocycles. The quantitative estimate of drug-likeness (QED) is 0.805. The van der Waals surface area contributed by atoms with Crippen molar-refractivity contribution in [3.63, 3.8) is 0 Å². The Morgan fingerprint density at radius 3 is 2.69 bits per heavy atom. The lowest BCUT2D eigenvalue weighted by Gasteiger charge is -2.13. The largest absolute Gasteiger partial charge is 0.391 e. The minimum Gasteiger partial charge on any atom is -0.391 e. The van der Waals surface area contributed by atoms with Gasteiger partial charge in [0.05, 0.1) is 17.2 Å². The lowest BCUT2D eigenvalue weighted by Crippen LogP contribution is -2.17. The molecule has 0 aliphatic heterocycles. The summed E-state index contributed by atoms with van der Waals surface area (Å²) in [5, 5.41) is 10.00. The van der Waals surface area contributed by atoms with E-state index in [0.717, 1.165) is 28.7 Å². The molecule has 0 saturated carbocycles. The normalized spacial score (nSPS) is 10.5. The van der Waals surface area contributed by atoms with Crippen LogP contribution in [0.2, 0.25) is 0 Å². The molecular formula is C9H16N2OS. The molecule has 1 aromatic heterocycles. The third kappa shape index (κ3) is 2.42. The summed E-state index contributed by atoms with van der Waals surface area (Å²) in [6.07, 6.45) is 1.11. The lowest BCUT2D eigenvalue weighted by molar-refractivity contribution is 0.284. The summed E-state index contributed by atoms with van der Waals surface area (Å²) in [7, 11) is 2.03. The topological polar surface area (TPSA) is 36.4 Å². The van der Waals surface area contributed by atoms with Crippen molar-refractivity contribution in [3.8, 4) is 0 Å². The van der Waals surface area contributed by atoms with Gasteiger partial charge in [0.25, 0.3) is 0 Å². The number of aliphatic hydroxyl groups excluding tert-OH is 1. The smallest absolute Gasteiger partial charge is 0.185 e. The van der Waals surface area contributed by atoms with Crippen molar-refractivity contribution < 1.29 is 5.11 Å². The molecule has 1 N–H and O–H groups in total. The van der Waals surface area contributed by atoms with Gasteiger partial charge >= 0.3 is 0 Å². The zero-order valence-electron chi connectivity index (χ0n) is 8.37. The van der Waals surface area contributed by atoms with Gasteiger partial charge in [0.15, 0.2) is 5.13 Å². The van der Waals surface area contributed by atoms with Crippen LogP contribution in [-0.2, 0) is 6.61 Å². The van der Waals surface area contributed by atoms with E-state index < -0.39 is 0 Å². The van der Waals surface area contributed by atoms with Gasteiger partial charge in [-0.15, -0.1) is 0 Å². The molecule has 0 aliphatic rings. The maximum Gasteiger partial charge on any atom is 0.185 e. The highest BCUT2D eigenvalue weighted by molar-refractivity contribution is 7.15. The monoisotopic (exact) mass is 200 g/mol. The summed E-state index contributed by atoms with van der Waals surface area (Å²) >= 11 is 1.57. The zero-order chi connectivity index (χ0) is 9.84. The van der Waals surface area contributed by atoms with Gasteiger partial charge in [-0.3, -0.25) is 0 Å². The summed E-state index contributed by atoms with van der Waals surface area (Å²) in [5.74, 6) is 0. The Labute approximate surface area is 83.0 Å². The molecule has 1 rings (SSSR count). The number of aliphatic hydroxyl groups is 1. The van der Waals surface area contributed by atoms with Crippen LogP contribution in [0.3, 0.4) is 0 Å². The van der Waals surface area contributed by atoms with Gasteiger partial charge in [0, 0.05) is 13.6 Å². The summed E-state index contributed by atoms with van der Waals surface area (Å²) in [6.45, 7) is 5.19. The zero-order valence-corrected chi connectivity index (χ0v) is 9.19. The van der Waals surface area contributed by atoms with Crippen molar-refractivity contribution in [1.29, 1.82) is 0 Å². The first-order valence-electron chi connectivity index (χ1n) is 4.47. The Bertz CT molecular complexity index is 273. The molecule has 1 heterocycles. The predicted molar refractivity (Wildman–Crippen MR) is 56.3 cm³/mol. The fraction of sp³-hybridized carbons (Fsp3) is 0.667. The molecule has 0 aliphatic carbocycles. The van der Waals surface area contributed by atoms with Crippen LogP contribution in [0, 0.1) is 6.92 Å². The molecule has 3 nitrogen and oxygen atoms in total. The fourth-order valence-electron chi connectivity index (χ4n) is 1.15. The first-order chi connectivity index (χ1) is 6.19. The maximum absolute atomic E-state index is 9.00. The Balaban J connectivity index is 2.77. The molecule has 0 amide bonds. The molecule has 0 bridgehead atoms. The van der Waals surface area contributed by atoms with E-state index in [4.69, 9.17) is 5.11 Å². The van der Waals surface area contributed by atoms with E-state index in [1.165, 1.54) is 0 Å². The van der Waals surface area contributed by atoms with Gasteiger partial charge in [-0.25, -0.2) is 4.98 Å². The number of hydrogen-bond donors (Lipinski definition) is 1. The molecule has 13 heavy (non-hydrogen) atoms. The number of thiazole rings is 1. The Kier molecular flexibility index (Phi) is 3.69. The number of nitrogens with zero attached hydrogens (tertiary/aromatic N) is 2. The molecule has 0 spiro atoms. The van der Waals surface area contributed by atoms with E-state index in [1.54, 1.807) is 11.3 Å². The average Bonchev–Trinajstić information content (AvgIpc) is 2.47. The molecule has 0 radical (unpaired) electrons. The molecule has 0 atom stereocenters. The molecular weight excluding hydrogens is 184 g/mol. The van der Waals surface area contributed by atoms with Gasteiger partial charge in [-0.1, -0.05) is 18.3 Å². The van der Waals surface area contributed by atoms with Gasteiger partial charge in [-0.2, -0.15) is 0 Å². The van der Waals surface area contributed by atoms with Crippen LogP contribution in [0.4, 0.5) is 5.13 Å². The molecule has 0 fully saturated rings. The van der Waals surface area contributed by atoms with Crippen LogP contribution in [0.25, 0.3) is 0 Å². The van der Waals surface area contributed by atoms with Crippen LogP contribution < -0.4 is 4.90 Å². The number of aryl methyl sites for hydroxylation is 1. The number of anilines is 1. The fourth-order valence-corrected chi connectivity index (χ4v) is 2.06. The Morgan fingerprint density at radius 1 is 1.54 bits per heavy atom. The standard InChI is InChI=1S/C9H16N2OS/c1-4-5-11(3)9-10-7(2)8(6-12)13-9/h12H,4-6H2,1-3H3. The van der Waals surface area contributed by atoms with Crippen LogP contribution in [-0.4, -0.2) is 23.7 Å². The first-order valence-corrected chi connectivity index (χ1v) is 5.29. The Morgan fingerprint density at radius 2 is 2.23 bits per heavy atom. The number of rotatable bonds is 4. The molecule has 1 aromatic rings. The number of aromatic nitrogens is 1. The van der Waals surface area contributed by atoms with E-state index in [2.05, 4.69) is 16.8 Å². The van der Waals surface area contributed by atoms with Gasteiger partial charge in [-0.05, 0) is 13.3 Å². The first kappa shape index (κ1) is 10.5. The van der Waals surface area contributed by atoms with Gasteiger partial charge in [0.2, 0.25) is 0 Å². The van der Waals surface area contributed by atoms with Crippen LogP contribution in [0.1, 0.15) is 23.9 Å². The Hall–Kier alpha value is -0.610. The maximum atomic E-state index is 9.00.